The van der Waals surface area contributed by atoms with Gasteiger partial charge in [-0.25, -0.2) is 4.98 Å². The summed E-state index contributed by atoms with van der Waals surface area (Å²) in [6, 6.07) is 1.88. The Kier molecular flexibility index (Phi) is 2.16. The molecule has 3 heterocycles. The van der Waals surface area contributed by atoms with E-state index in [-0.39, 0.29) is 12.1 Å². The van der Waals surface area contributed by atoms with Gasteiger partial charge in [0.25, 0.3) is 0 Å². The number of carbonyl (C=O) groups is 1. The number of nitrogens with two attached hydrogens (primary N) is 1. The number of aliphatic imine (C=N–C) groups is 1. The molecule has 4 rings (SSSR count). The van der Waals surface area contributed by atoms with Crippen LogP contribution in [0.15, 0.2) is 41.1 Å². The molecule has 2 atom stereocenters. The lowest BCUT2D eigenvalue weighted by molar-refractivity contribution is -0.129. The van der Waals surface area contributed by atoms with Crippen LogP contribution >= 0.6 is 0 Å². The van der Waals surface area contributed by atoms with Crippen molar-refractivity contribution >= 4 is 17.9 Å². The minimum Gasteiger partial charge on any atom is -0.384 e. The summed E-state index contributed by atoms with van der Waals surface area (Å²) in [5.74, 6) is 0.544. The average Bonchev–Trinajstić information content (AvgIpc) is 2.66. The van der Waals surface area contributed by atoms with Crippen LogP contribution in [0, 0.1) is 5.41 Å². The minimum atomic E-state index is -0.529. The first kappa shape index (κ1) is 11.4. The van der Waals surface area contributed by atoms with E-state index in [1.54, 1.807) is 12.4 Å². The Morgan fingerprint density at radius 2 is 2.20 bits per heavy atom. The van der Waals surface area contributed by atoms with Crippen LogP contribution in [-0.2, 0) is 17.6 Å². The second-order valence-corrected chi connectivity index (χ2v) is 5.51. The highest BCUT2D eigenvalue weighted by Crippen LogP contribution is 2.45. The molecular formula is C15H14N4O. The number of carbonyl (C=O) groups excluding carboxylic acids is 1. The predicted octanol–water partition coefficient (Wildman–Crippen LogP) is 0.772. The van der Waals surface area contributed by atoms with Gasteiger partial charge in [-0.3, -0.25) is 9.79 Å². The van der Waals surface area contributed by atoms with E-state index in [1.165, 1.54) is 0 Å². The molecule has 3 N–H and O–H groups in total. The third kappa shape index (κ3) is 1.46. The lowest BCUT2D eigenvalue weighted by atomic mass is 9.74. The van der Waals surface area contributed by atoms with Gasteiger partial charge in [0.2, 0.25) is 5.91 Å². The molecule has 2 unspecified atom stereocenters. The molecule has 2 bridgehead atoms. The molecule has 0 saturated heterocycles. The van der Waals surface area contributed by atoms with Crippen molar-refractivity contribution in [3.63, 3.8) is 0 Å². The fraction of sp³-hybridized carbons (Fsp3) is 0.267. The van der Waals surface area contributed by atoms with Crippen LogP contribution in [0.4, 0.5) is 5.82 Å². The fourth-order valence-electron chi connectivity index (χ4n) is 3.30. The number of pyridine rings is 1. The molecule has 1 aromatic heterocycles. The number of amides is 1. The Hall–Kier alpha value is -2.43. The zero-order valence-electron chi connectivity index (χ0n) is 10.8. The first-order valence-electron chi connectivity index (χ1n) is 6.64. The summed E-state index contributed by atoms with van der Waals surface area (Å²) >= 11 is 0. The lowest BCUT2D eigenvalue weighted by Gasteiger charge is -2.34. The van der Waals surface area contributed by atoms with Gasteiger partial charge in [0.1, 0.15) is 12.0 Å². The molecule has 0 aromatic carbocycles. The Bertz CT molecular complexity index is 704. The second-order valence-electron chi connectivity index (χ2n) is 5.51. The lowest BCUT2D eigenvalue weighted by Crippen LogP contribution is -2.49. The van der Waals surface area contributed by atoms with Crippen molar-refractivity contribution in [1.29, 1.82) is 0 Å². The monoisotopic (exact) mass is 266 g/mol. The molecule has 1 spiro atoms. The second kappa shape index (κ2) is 3.79. The topological polar surface area (TPSA) is 80.4 Å². The van der Waals surface area contributed by atoms with E-state index >= 15 is 0 Å². The smallest absolute Gasteiger partial charge is 0.233 e. The first-order valence-corrected chi connectivity index (χ1v) is 6.64. The number of nitrogens with one attached hydrogen (secondary N) is 1. The molecule has 1 amide bonds. The number of rotatable bonds is 0. The number of nitrogen functional groups attached to an aromatic ring is 1. The van der Waals surface area contributed by atoms with E-state index in [2.05, 4.69) is 15.3 Å². The summed E-state index contributed by atoms with van der Waals surface area (Å²) < 4.78 is 0. The highest BCUT2D eigenvalue weighted by Gasteiger charge is 2.48. The minimum absolute atomic E-state index is 0.0403. The SMILES string of the molecule is Nc1cc2c(cn1)CC1(C2)C(=O)NC2C=C1C=CC=N2. The van der Waals surface area contributed by atoms with Crippen LogP contribution < -0.4 is 11.1 Å². The molecule has 2 aliphatic heterocycles. The molecule has 20 heavy (non-hydrogen) atoms. The quantitative estimate of drug-likeness (QED) is 0.728. The maximum atomic E-state index is 12.6. The van der Waals surface area contributed by atoms with Gasteiger partial charge in [-0.15, -0.1) is 0 Å². The molecule has 1 aliphatic carbocycles. The van der Waals surface area contributed by atoms with E-state index in [0.29, 0.717) is 18.7 Å². The number of anilines is 1. The summed E-state index contributed by atoms with van der Waals surface area (Å²) in [7, 11) is 0. The van der Waals surface area contributed by atoms with Gasteiger partial charge in [0.05, 0.1) is 5.41 Å². The van der Waals surface area contributed by atoms with Crippen molar-refractivity contribution in [2.45, 2.75) is 19.0 Å². The molecule has 0 saturated carbocycles. The predicted molar refractivity (Wildman–Crippen MR) is 76.1 cm³/mol. The zero-order chi connectivity index (χ0) is 13.7. The van der Waals surface area contributed by atoms with Crippen molar-refractivity contribution in [3.8, 4) is 0 Å². The summed E-state index contributed by atoms with van der Waals surface area (Å²) in [6.45, 7) is 0. The van der Waals surface area contributed by atoms with Gasteiger partial charge < -0.3 is 11.1 Å². The number of hydrogen-bond donors (Lipinski definition) is 2. The van der Waals surface area contributed by atoms with Gasteiger partial charge in [0, 0.05) is 12.4 Å². The highest BCUT2D eigenvalue weighted by molar-refractivity contribution is 5.91. The maximum absolute atomic E-state index is 12.6. The van der Waals surface area contributed by atoms with Crippen molar-refractivity contribution in [2.75, 3.05) is 5.73 Å². The number of nitrogens with zero attached hydrogens (tertiary/aromatic N) is 2. The molecule has 5 nitrogen and oxygen atoms in total. The standard InChI is InChI=1S/C15H14N4O/c16-12-4-9-6-15(7-10(9)8-18-12)11-2-1-3-17-13(5-11)19-14(15)20/h1-5,8,13H,6-7H2,(H2,16,18)(H,19,20). The maximum Gasteiger partial charge on any atom is 0.233 e. The first-order chi connectivity index (χ1) is 9.67. The van der Waals surface area contributed by atoms with Crippen LogP contribution in [0.5, 0.6) is 0 Å². The van der Waals surface area contributed by atoms with Crippen molar-refractivity contribution < 1.29 is 4.79 Å². The van der Waals surface area contributed by atoms with Gasteiger partial charge in [-0.1, -0.05) is 6.08 Å². The number of fused-ring (bicyclic) bond motifs is 3. The third-order valence-corrected chi connectivity index (χ3v) is 4.30. The van der Waals surface area contributed by atoms with E-state index in [4.69, 9.17) is 5.73 Å². The van der Waals surface area contributed by atoms with Gasteiger partial charge in [-0.05, 0) is 47.8 Å². The Morgan fingerprint density at radius 3 is 3.10 bits per heavy atom. The van der Waals surface area contributed by atoms with Gasteiger partial charge in [0.15, 0.2) is 0 Å². The van der Waals surface area contributed by atoms with Crippen LogP contribution in [-0.4, -0.2) is 23.3 Å². The number of hydrogen-bond acceptors (Lipinski definition) is 4. The summed E-state index contributed by atoms with van der Waals surface area (Å²) in [5.41, 5.74) is 8.48. The molecule has 1 aromatic rings. The Labute approximate surface area is 116 Å². The number of allylic oxidation sites excluding steroid dienone is 2. The molecule has 5 heteroatoms. The van der Waals surface area contributed by atoms with Crippen molar-refractivity contribution in [3.05, 3.63) is 47.2 Å². The van der Waals surface area contributed by atoms with Crippen molar-refractivity contribution in [1.82, 2.24) is 10.3 Å². The van der Waals surface area contributed by atoms with Crippen molar-refractivity contribution in [2.24, 2.45) is 10.4 Å². The zero-order valence-corrected chi connectivity index (χ0v) is 10.8. The summed E-state index contributed by atoms with van der Waals surface area (Å²) in [6.07, 6.45) is 10.5. The summed E-state index contributed by atoms with van der Waals surface area (Å²) in [5, 5.41) is 2.97. The summed E-state index contributed by atoms with van der Waals surface area (Å²) in [4.78, 5) is 21.0. The van der Waals surface area contributed by atoms with Gasteiger partial charge >= 0.3 is 0 Å². The highest BCUT2D eigenvalue weighted by atomic mass is 16.2. The third-order valence-electron chi connectivity index (χ3n) is 4.30. The van der Waals surface area contributed by atoms with Crippen LogP contribution in [0.2, 0.25) is 0 Å². The average molecular weight is 266 g/mol. The van der Waals surface area contributed by atoms with Crippen LogP contribution in [0.25, 0.3) is 0 Å². The molecule has 0 fully saturated rings. The largest absolute Gasteiger partial charge is 0.384 e. The van der Waals surface area contributed by atoms with E-state index in [0.717, 1.165) is 16.7 Å². The van der Waals surface area contributed by atoms with Crippen LogP contribution in [0.1, 0.15) is 11.1 Å². The van der Waals surface area contributed by atoms with Crippen LogP contribution in [0.3, 0.4) is 0 Å². The van der Waals surface area contributed by atoms with E-state index in [1.807, 2.05) is 24.3 Å². The molecular weight excluding hydrogens is 252 g/mol. The molecule has 3 aliphatic rings. The number of aromatic nitrogens is 1. The normalized spacial score (nSPS) is 29.9. The fourth-order valence-corrected chi connectivity index (χ4v) is 3.30. The Balaban J connectivity index is 1.83. The molecule has 0 radical (unpaired) electrons. The molecule has 100 valence electrons. The van der Waals surface area contributed by atoms with Gasteiger partial charge in [-0.2, -0.15) is 0 Å². The van der Waals surface area contributed by atoms with E-state index in [9.17, 15) is 4.79 Å². The Morgan fingerprint density at radius 1 is 1.35 bits per heavy atom. The van der Waals surface area contributed by atoms with E-state index < -0.39 is 5.41 Å².